The maximum absolute atomic E-state index is 12.3. The summed E-state index contributed by atoms with van der Waals surface area (Å²) in [7, 11) is -1.09. The molecule has 0 saturated carbocycles. The molecular formula is C19H16N2O4S. The fourth-order valence-electron chi connectivity index (χ4n) is 2.28. The summed E-state index contributed by atoms with van der Waals surface area (Å²) in [6, 6.07) is 16.5. The Bertz CT molecular complexity index is 950. The molecule has 0 fully saturated rings. The maximum Gasteiger partial charge on any atom is 0.291 e. The Morgan fingerprint density at radius 1 is 0.885 bits per heavy atom. The van der Waals surface area contributed by atoms with Crippen molar-refractivity contribution in [2.45, 2.75) is 4.90 Å². The van der Waals surface area contributed by atoms with Gasteiger partial charge in [-0.3, -0.25) is 13.8 Å². The molecule has 26 heavy (non-hydrogen) atoms. The molecule has 0 saturated heterocycles. The molecule has 1 aromatic heterocycles. The lowest BCUT2D eigenvalue weighted by Crippen LogP contribution is -2.13. The van der Waals surface area contributed by atoms with Crippen molar-refractivity contribution in [3.63, 3.8) is 0 Å². The zero-order chi connectivity index (χ0) is 18.5. The first-order valence-electron chi connectivity index (χ1n) is 7.73. The molecule has 3 aromatic rings. The van der Waals surface area contributed by atoms with E-state index in [-0.39, 0.29) is 17.6 Å². The fraction of sp³-hybridized carbons (Fsp3) is 0.0526. The van der Waals surface area contributed by atoms with Crippen LogP contribution < -0.4 is 10.6 Å². The first-order valence-corrected chi connectivity index (χ1v) is 9.28. The molecule has 1 atom stereocenters. The Morgan fingerprint density at radius 3 is 2.12 bits per heavy atom. The van der Waals surface area contributed by atoms with Crippen LogP contribution in [-0.4, -0.2) is 22.3 Å². The van der Waals surface area contributed by atoms with Crippen molar-refractivity contribution >= 4 is 34.0 Å². The van der Waals surface area contributed by atoms with E-state index in [2.05, 4.69) is 10.6 Å². The van der Waals surface area contributed by atoms with E-state index in [0.717, 1.165) is 0 Å². The highest BCUT2D eigenvalue weighted by atomic mass is 32.2. The van der Waals surface area contributed by atoms with Crippen molar-refractivity contribution in [2.75, 3.05) is 16.9 Å². The molecule has 0 aliphatic carbocycles. The molecule has 6 nitrogen and oxygen atoms in total. The Balaban J connectivity index is 1.69. The highest BCUT2D eigenvalue weighted by molar-refractivity contribution is 7.84. The standard InChI is InChI=1S/C19H16N2O4S/c1-26(24)16-9-7-13(8-10-16)18(22)20-14-4-2-5-15(12-14)21-19(23)17-6-3-11-25-17/h2-12H,1H3,(H,20,22)(H,21,23)/t26-/m1/s1. The lowest BCUT2D eigenvalue weighted by Gasteiger charge is -2.08. The zero-order valence-corrected chi connectivity index (χ0v) is 14.7. The van der Waals surface area contributed by atoms with Gasteiger partial charge in [0.05, 0.1) is 6.26 Å². The monoisotopic (exact) mass is 368 g/mol. The van der Waals surface area contributed by atoms with Gasteiger partial charge in [0.1, 0.15) is 0 Å². The van der Waals surface area contributed by atoms with Gasteiger partial charge in [0.25, 0.3) is 11.8 Å². The van der Waals surface area contributed by atoms with Gasteiger partial charge in [-0.1, -0.05) is 6.07 Å². The number of carbonyl (C=O) groups is 2. The van der Waals surface area contributed by atoms with Crippen molar-refractivity contribution in [1.29, 1.82) is 0 Å². The molecule has 132 valence electrons. The van der Waals surface area contributed by atoms with Crippen LogP contribution in [0.1, 0.15) is 20.9 Å². The SMILES string of the molecule is C[S@@](=O)c1ccc(C(=O)Nc2cccc(NC(=O)c3ccco3)c2)cc1. The molecule has 1 heterocycles. The van der Waals surface area contributed by atoms with E-state index in [1.165, 1.54) is 6.26 Å². The number of carbonyl (C=O) groups excluding carboxylic acids is 2. The van der Waals surface area contributed by atoms with Crippen LogP contribution in [0, 0.1) is 0 Å². The summed E-state index contributed by atoms with van der Waals surface area (Å²) in [6.45, 7) is 0. The molecule has 0 unspecified atom stereocenters. The van der Waals surface area contributed by atoms with Gasteiger partial charge in [-0.15, -0.1) is 0 Å². The predicted molar refractivity (Wildman–Crippen MR) is 99.8 cm³/mol. The molecule has 2 amide bonds. The minimum absolute atomic E-state index is 0.202. The molecule has 0 bridgehead atoms. The summed E-state index contributed by atoms with van der Waals surface area (Å²) < 4.78 is 16.4. The number of anilines is 2. The molecule has 7 heteroatoms. The summed E-state index contributed by atoms with van der Waals surface area (Å²) in [6.07, 6.45) is 3.00. The van der Waals surface area contributed by atoms with Gasteiger partial charge < -0.3 is 15.1 Å². The highest BCUT2D eigenvalue weighted by Crippen LogP contribution is 2.17. The normalized spacial score (nSPS) is 11.6. The molecule has 2 N–H and O–H groups in total. The smallest absolute Gasteiger partial charge is 0.291 e. The van der Waals surface area contributed by atoms with Gasteiger partial charge in [-0.2, -0.15) is 0 Å². The Kier molecular flexibility index (Phi) is 5.28. The largest absolute Gasteiger partial charge is 0.459 e. The van der Waals surface area contributed by atoms with E-state index in [1.54, 1.807) is 66.9 Å². The first kappa shape index (κ1) is 17.6. The molecule has 0 spiro atoms. The lowest BCUT2D eigenvalue weighted by atomic mass is 10.2. The summed E-state index contributed by atoms with van der Waals surface area (Å²) >= 11 is 0. The van der Waals surface area contributed by atoms with Crippen LogP contribution >= 0.6 is 0 Å². The summed E-state index contributed by atoms with van der Waals surface area (Å²) in [5.41, 5.74) is 1.51. The van der Waals surface area contributed by atoms with Gasteiger partial charge in [0.2, 0.25) is 0 Å². The van der Waals surface area contributed by atoms with E-state index in [9.17, 15) is 13.8 Å². The maximum atomic E-state index is 12.3. The summed E-state index contributed by atoms with van der Waals surface area (Å²) in [5.74, 6) is -0.470. The van der Waals surface area contributed by atoms with Crippen molar-refractivity contribution < 1.29 is 18.2 Å². The average Bonchev–Trinajstić information content (AvgIpc) is 3.17. The number of rotatable bonds is 5. The molecule has 0 radical (unpaired) electrons. The lowest BCUT2D eigenvalue weighted by molar-refractivity contribution is 0.0995. The third-order valence-corrected chi connectivity index (χ3v) is 4.51. The van der Waals surface area contributed by atoms with Crippen molar-refractivity contribution in [1.82, 2.24) is 0 Å². The van der Waals surface area contributed by atoms with Gasteiger partial charge >= 0.3 is 0 Å². The predicted octanol–water partition coefficient (Wildman–Crippen LogP) is 3.52. The van der Waals surface area contributed by atoms with E-state index < -0.39 is 10.8 Å². The molecule has 2 aromatic carbocycles. The topological polar surface area (TPSA) is 88.4 Å². The molecule has 0 aliphatic heterocycles. The van der Waals surface area contributed by atoms with Crippen LogP contribution in [0.5, 0.6) is 0 Å². The minimum atomic E-state index is -1.09. The highest BCUT2D eigenvalue weighted by Gasteiger charge is 2.10. The number of hydrogen-bond acceptors (Lipinski definition) is 4. The average molecular weight is 368 g/mol. The van der Waals surface area contributed by atoms with Crippen LogP contribution in [0.25, 0.3) is 0 Å². The van der Waals surface area contributed by atoms with Crippen molar-refractivity contribution in [2.24, 2.45) is 0 Å². The van der Waals surface area contributed by atoms with Gasteiger partial charge in [-0.25, -0.2) is 0 Å². The number of benzene rings is 2. The van der Waals surface area contributed by atoms with Crippen LogP contribution in [0.3, 0.4) is 0 Å². The molecule has 0 aliphatic rings. The van der Waals surface area contributed by atoms with Gasteiger partial charge in [-0.05, 0) is 54.6 Å². The number of hydrogen-bond donors (Lipinski definition) is 2. The molecule has 3 rings (SSSR count). The van der Waals surface area contributed by atoms with Gasteiger partial charge in [0, 0.05) is 38.9 Å². The van der Waals surface area contributed by atoms with E-state index >= 15 is 0 Å². The quantitative estimate of drug-likeness (QED) is 0.721. The number of furan rings is 1. The third-order valence-electron chi connectivity index (χ3n) is 3.57. The van der Waals surface area contributed by atoms with E-state index in [1.807, 2.05) is 0 Å². The van der Waals surface area contributed by atoms with Crippen molar-refractivity contribution in [3.8, 4) is 0 Å². The van der Waals surface area contributed by atoms with Crippen LogP contribution in [-0.2, 0) is 10.8 Å². The third kappa shape index (κ3) is 4.25. The summed E-state index contributed by atoms with van der Waals surface area (Å²) in [5, 5.41) is 5.47. The van der Waals surface area contributed by atoms with E-state index in [0.29, 0.717) is 21.8 Å². The Hall–Kier alpha value is -3.19. The fourth-order valence-corrected chi connectivity index (χ4v) is 2.80. The van der Waals surface area contributed by atoms with Crippen LogP contribution in [0.15, 0.2) is 76.2 Å². The molecular weight excluding hydrogens is 352 g/mol. The van der Waals surface area contributed by atoms with Crippen LogP contribution in [0.4, 0.5) is 11.4 Å². The Labute approximate surface area is 152 Å². The number of amides is 2. The van der Waals surface area contributed by atoms with Crippen molar-refractivity contribution in [3.05, 3.63) is 78.3 Å². The van der Waals surface area contributed by atoms with Gasteiger partial charge in [0.15, 0.2) is 5.76 Å². The second kappa shape index (κ2) is 7.79. The Morgan fingerprint density at radius 2 is 1.54 bits per heavy atom. The summed E-state index contributed by atoms with van der Waals surface area (Å²) in [4.78, 5) is 25.0. The van der Waals surface area contributed by atoms with Crippen LogP contribution in [0.2, 0.25) is 0 Å². The minimum Gasteiger partial charge on any atom is -0.459 e. The number of nitrogens with one attached hydrogen (secondary N) is 2. The first-order chi connectivity index (χ1) is 12.5. The second-order valence-corrected chi connectivity index (χ2v) is 6.82. The second-order valence-electron chi connectivity index (χ2n) is 5.44. The zero-order valence-electron chi connectivity index (χ0n) is 13.9. The van der Waals surface area contributed by atoms with E-state index in [4.69, 9.17) is 4.42 Å².